The van der Waals surface area contributed by atoms with Gasteiger partial charge in [-0.25, -0.2) is 9.97 Å². The van der Waals surface area contributed by atoms with E-state index < -0.39 is 0 Å². The Labute approximate surface area is 144 Å². The quantitative estimate of drug-likeness (QED) is 0.748. The fourth-order valence-electron chi connectivity index (χ4n) is 1.86. The topological polar surface area (TPSA) is 85.4 Å². The van der Waals surface area contributed by atoms with E-state index in [1.807, 2.05) is 0 Å². The zero-order valence-corrected chi connectivity index (χ0v) is 14.1. The second-order valence-corrected chi connectivity index (χ2v) is 5.00. The lowest BCUT2D eigenvalue weighted by Gasteiger charge is -2.13. The summed E-state index contributed by atoms with van der Waals surface area (Å²) in [5.74, 6) is 1.14. The number of nitrogens with one attached hydrogen (secondary N) is 2. The third kappa shape index (κ3) is 4.14. The molecule has 0 saturated heterocycles. The fourth-order valence-corrected chi connectivity index (χ4v) is 2.09. The minimum atomic E-state index is -0.320. The van der Waals surface area contributed by atoms with Gasteiger partial charge >= 0.3 is 0 Å². The molecule has 0 spiro atoms. The standard InChI is InChI=1S/C16H17ClN4O3/c1-4-5-18-16(22)12-8-20-15(9-19-12)21-11-7-13(23-2)10(17)6-14(11)24-3/h4,6-9H,1,5H2,2-3H3,(H,18,22)(H,20,21). The van der Waals surface area contributed by atoms with Gasteiger partial charge in [0.15, 0.2) is 0 Å². The van der Waals surface area contributed by atoms with Crippen molar-refractivity contribution in [3.8, 4) is 11.5 Å². The minimum absolute atomic E-state index is 0.211. The van der Waals surface area contributed by atoms with Crippen molar-refractivity contribution >= 4 is 29.0 Å². The highest BCUT2D eigenvalue weighted by Crippen LogP contribution is 2.36. The second-order valence-electron chi connectivity index (χ2n) is 4.60. The molecular weight excluding hydrogens is 332 g/mol. The summed E-state index contributed by atoms with van der Waals surface area (Å²) in [7, 11) is 3.05. The van der Waals surface area contributed by atoms with Gasteiger partial charge in [-0.05, 0) is 0 Å². The first-order valence-electron chi connectivity index (χ1n) is 6.98. The lowest BCUT2D eigenvalue weighted by atomic mass is 10.2. The van der Waals surface area contributed by atoms with Crippen LogP contribution in [0.2, 0.25) is 5.02 Å². The number of carbonyl (C=O) groups is 1. The first-order valence-corrected chi connectivity index (χ1v) is 7.36. The highest BCUT2D eigenvalue weighted by atomic mass is 35.5. The maximum atomic E-state index is 11.8. The molecule has 2 aromatic rings. The first-order chi connectivity index (χ1) is 11.6. The summed E-state index contributed by atoms with van der Waals surface area (Å²) in [6.45, 7) is 3.89. The largest absolute Gasteiger partial charge is 0.495 e. The van der Waals surface area contributed by atoms with E-state index in [-0.39, 0.29) is 11.6 Å². The van der Waals surface area contributed by atoms with Gasteiger partial charge in [-0.3, -0.25) is 4.79 Å². The van der Waals surface area contributed by atoms with Crippen LogP contribution in [0.15, 0.2) is 37.2 Å². The lowest BCUT2D eigenvalue weighted by Crippen LogP contribution is -2.24. The number of aromatic nitrogens is 2. The third-order valence-corrected chi connectivity index (χ3v) is 3.32. The van der Waals surface area contributed by atoms with Crippen molar-refractivity contribution < 1.29 is 14.3 Å². The van der Waals surface area contributed by atoms with Crippen molar-refractivity contribution in [2.24, 2.45) is 0 Å². The van der Waals surface area contributed by atoms with Gasteiger partial charge in [-0.2, -0.15) is 0 Å². The zero-order chi connectivity index (χ0) is 17.5. The molecule has 1 amide bonds. The minimum Gasteiger partial charge on any atom is -0.495 e. The van der Waals surface area contributed by atoms with E-state index in [9.17, 15) is 4.79 Å². The van der Waals surface area contributed by atoms with Crippen LogP contribution in [-0.4, -0.2) is 36.6 Å². The Bertz CT molecular complexity index is 735. The van der Waals surface area contributed by atoms with Gasteiger partial charge in [-0.15, -0.1) is 6.58 Å². The van der Waals surface area contributed by atoms with Crippen LogP contribution in [0.3, 0.4) is 0 Å². The number of rotatable bonds is 7. The maximum Gasteiger partial charge on any atom is 0.271 e. The van der Waals surface area contributed by atoms with E-state index in [0.717, 1.165) is 0 Å². The molecule has 8 heteroatoms. The van der Waals surface area contributed by atoms with Crippen LogP contribution in [0.4, 0.5) is 11.5 Å². The number of nitrogens with zero attached hydrogens (tertiary/aromatic N) is 2. The average Bonchev–Trinajstić information content (AvgIpc) is 2.61. The Kier molecular flexibility index (Phi) is 5.97. The molecule has 0 aliphatic heterocycles. The Morgan fingerprint density at radius 2 is 2.00 bits per heavy atom. The molecule has 0 bridgehead atoms. The number of ether oxygens (including phenoxy) is 2. The average molecular weight is 349 g/mol. The summed E-state index contributed by atoms with van der Waals surface area (Å²) in [5.41, 5.74) is 0.819. The molecule has 2 N–H and O–H groups in total. The number of hydrogen-bond acceptors (Lipinski definition) is 6. The highest BCUT2D eigenvalue weighted by Gasteiger charge is 2.12. The van der Waals surface area contributed by atoms with Crippen LogP contribution < -0.4 is 20.1 Å². The van der Waals surface area contributed by atoms with Crippen molar-refractivity contribution in [3.05, 3.63) is 47.9 Å². The Balaban J connectivity index is 2.19. The predicted octanol–water partition coefficient (Wildman–Crippen LogP) is 2.81. The van der Waals surface area contributed by atoms with Gasteiger partial charge in [0.1, 0.15) is 23.0 Å². The van der Waals surface area contributed by atoms with Gasteiger partial charge in [0.25, 0.3) is 5.91 Å². The van der Waals surface area contributed by atoms with Gasteiger partial charge in [0.2, 0.25) is 0 Å². The van der Waals surface area contributed by atoms with Crippen molar-refractivity contribution in [3.63, 3.8) is 0 Å². The molecule has 0 saturated carbocycles. The smallest absolute Gasteiger partial charge is 0.271 e. The van der Waals surface area contributed by atoms with Gasteiger partial charge in [0, 0.05) is 18.7 Å². The van der Waals surface area contributed by atoms with Gasteiger partial charge in [0.05, 0.1) is 37.3 Å². The number of methoxy groups -OCH3 is 2. The first kappa shape index (κ1) is 17.6. The molecule has 0 unspecified atom stereocenters. The lowest BCUT2D eigenvalue weighted by molar-refractivity contribution is 0.0952. The van der Waals surface area contributed by atoms with E-state index in [1.54, 1.807) is 18.2 Å². The maximum absolute atomic E-state index is 11.8. The van der Waals surface area contributed by atoms with Crippen LogP contribution in [-0.2, 0) is 0 Å². The molecule has 24 heavy (non-hydrogen) atoms. The molecule has 2 rings (SSSR count). The summed E-state index contributed by atoms with van der Waals surface area (Å²) in [6.07, 6.45) is 4.41. The normalized spacial score (nSPS) is 9.96. The number of hydrogen-bond donors (Lipinski definition) is 2. The van der Waals surface area contributed by atoms with Crippen LogP contribution >= 0.6 is 11.6 Å². The van der Waals surface area contributed by atoms with Crippen molar-refractivity contribution in [1.29, 1.82) is 0 Å². The predicted molar refractivity (Wildman–Crippen MR) is 92.4 cm³/mol. The highest BCUT2D eigenvalue weighted by molar-refractivity contribution is 6.32. The molecule has 0 atom stereocenters. The molecule has 0 aliphatic rings. The van der Waals surface area contributed by atoms with Crippen molar-refractivity contribution in [2.45, 2.75) is 0 Å². The summed E-state index contributed by atoms with van der Waals surface area (Å²) >= 11 is 6.07. The van der Waals surface area contributed by atoms with E-state index in [4.69, 9.17) is 21.1 Å². The van der Waals surface area contributed by atoms with Gasteiger partial charge in [-0.1, -0.05) is 17.7 Å². The summed E-state index contributed by atoms with van der Waals surface area (Å²) < 4.78 is 10.5. The van der Waals surface area contributed by atoms with Crippen LogP contribution in [0.1, 0.15) is 10.5 Å². The van der Waals surface area contributed by atoms with E-state index >= 15 is 0 Å². The van der Waals surface area contributed by atoms with E-state index in [0.29, 0.717) is 34.6 Å². The van der Waals surface area contributed by atoms with Crippen LogP contribution in [0.5, 0.6) is 11.5 Å². The molecule has 0 fully saturated rings. The molecule has 1 aromatic heterocycles. The number of benzene rings is 1. The summed E-state index contributed by atoms with van der Waals surface area (Å²) in [6, 6.07) is 3.32. The van der Waals surface area contributed by atoms with Crippen LogP contribution in [0.25, 0.3) is 0 Å². The number of amides is 1. The molecule has 1 aromatic carbocycles. The third-order valence-electron chi connectivity index (χ3n) is 3.03. The van der Waals surface area contributed by atoms with Crippen molar-refractivity contribution in [2.75, 3.05) is 26.1 Å². The molecule has 1 heterocycles. The Morgan fingerprint density at radius 1 is 1.25 bits per heavy atom. The second kappa shape index (κ2) is 8.16. The molecule has 0 radical (unpaired) electrons. The number of carbonyl (C=O) groups excluding carboxylic acids is 1. The fraction of sp³-hybridized carbons (Fsp3) is 0.188. The summed E-state index contributed by atoms with van der Waals surface area (Å²) in [5, 5.41) is 6.11. The van der Waals surface area contributed by atoms with E-state index in [1.165, 1.54) is 26.6 Å². The zero-order valence-electron chi connectivity index (χ0n) is 13.3. The Hall–Kier alpha value is -2.80. The molecule has 0 aliphatic carbocycles. The Morgan fingerprint density at radius 3 is 2.58 bits per heavy atom. The van der Waals surface area contributed by atoms with Crippen molar-refractivity contribution in [1.82, 2.24) is 15.3 Å². The number of anilines is 2. The van der Waals surface area contributed by atoms with E-state index in [2.05, 4.69) is 27.2 Å². The van der Waals surface area contributed by atoms with Crippen LogP contribution in [0, 0.1) is 0 Å². The molecule has 7 nitrogen and oxygen atoms in total. The van der Waals surface area contributed by atoms with Gasteiger partial charge < -0.3 is 20.1 Å². The number of halogens is 1. The SMILES string of the molecule is C=CCNC(=O)c1cnc(Nc2cc(OC)c(Cl)cc2OC)cn1. The summed E-state index contributed by atoms with van der Waals surface area (Å²) in [4.78, 5) is 20.0. The molecular formula is C16H17ClN4O3. The molecule has 126 valence electrons. The monoisotopic (exact) mass is 348 g/mol.